The highest BCUT2D eigenvalue weighted by molar-refractivity contribution is 5.78. The van der Waals surface area contributed by atoms with E-state index in [0.717, 1.165) is 33.7 Å². The van der Waals surface area contributed by atoms with Crippen LogP contribution in [0.3, 0.4) is 0 Å². The number of nitrogens with zero attached hydrogens (tertiary/aromatic N) is 2. The maximum absolute atomic E-state index is 10.9. The van der Waals surface area contributed by atoms with Crippen LogP contribution in [0.4, 0.5) is 0 Å². The minimum Gasteiger partial charge on any atom is -0.507 e. The van der Waals surface area contributed by atoms with E-state index in [2.05, 4.69) is 64.3 Å². The molecule has 0 aliphatic rings. The second-order valence-electron chi connectivity index (χ2n) is 8.87. The molecular formula is C22H28N2O. The molecule has 0 aliphatic carbocycles. The third-order valence-electron chi connectivity index (χ3n) is 4.70. The van der Waals surface area contributed by atoms with Gasteiger partial charge in [0.1, 0.15) is 11.6 Å². The van der Waals surface area contributed by atoms with Gasteiger partial charge in [-0.3, -0.25) is 4.57 Å². The van der Waals surface area contributed by atoms with Crippen LogP contribution in [0.25, 0.3) is 16.7 Å². The first-order valence-corrected chi connectivity index (χ1v) is 8.82. The van der Waals surface area contributed by atoms with Crippen LogP contribution in [0.15, 0.2) is 36.4 Å². The monoisotopic (exact) mass is 336 g/mol. The van der Waals surface area contributed by atoms with Gasteiger partial charge in [-0.05, 0) is 42.0 Å². The normalized spacial score (nSPS) is 12.8. The van der Waals surface area contributed by atoms with Crippen LogP contribution in [-0.4, -0.2) is 14.7 Å². The smallest absolute Gasteiger partial charge is 0.123 e. The molecule has 1 aromatic heterocycles. The summed E-state index contributed by atoms with van der Waals surface area (Å²) in [5.41, 5.74) is 4.76. The van der Waals surface area contributed by atoms with Crippen molar-refractivity contribution in [3.05, 3.63) is 53.3 Å². The number of benzene rings is 2. The van der Waals surface area contributed by atoms with E-state index in [1.807, 2.05) is 25.1 Å². The molecule has 132 valence electrons. The minimum absolute atomic E-state index is 0.148. The number of hydrogen-bond acceptors (Lipinski definition) is 2. The summed E-state index contributed by atoms with van der Waals surface area (Å²) in [6.07, 6.45) is 0. The van der Waals surface area contributed by atoms with E-state index in [9.17, 15) is 5.11 Å². The van der Waals surface area contributed by atoms with Gasteiger partial charge in [-0.1, -0.05) is 53.7 Å². The largest absolute Gasteiger partial charge is 0.507 e. The number of hydrogen-bond donors (Lipinski definition) is 1. The number of aromatic nitrogens is 2. The summed E-state index contributed by atoms with van der Waals surface area (Å²) >= 11 is 0. The fourth-order valence-electron chi connectivity index (χ4n) is 3.36. The maximum Gasteiger partial charge on any atom is 0.123 e. The highest BCUT2D eigenvalue weighted by Gasteiger charge is 2.27. The average molecular weight is 336 g/mol. The van der Waals surface area contributed by atoms with Gasteiger partial charge in [0.05, 0.1) is 11.0 Å². The summed E-state index contributed by atoms with van der Waals surface area (Å²) in [5, 5.41) is 10.9. The van der Waals surface area contributed by atoms with Crippen LogP contribution < -0.4 is 0 Å². The van der Waals surface area contributed by atoms with Crippen LogP contribution in [0, 0.1) is 6.92 Å². The Kier molecular flexibility index (Phi) is 3.94. The molecule has 1 heterocycles. The van der Waals surface area contributed by atoms with E-state index in [1.165, 1.54) is 0 Å². The molecular weight excluding hydrogens is 308 g/mol. The molecule has 0 atom stereocenters. The predicted molar refractivity (Wildman–Crippen MR) is 105 cm³/mol. The number of aromatic hydroxyl groups is 1. The van der Waals surface area contributed by atoms with Gasteiger partial charge < -0.3 is 5.11 Å². The fourth-order valence-corrected chi connectivity index (χ4v) is 3.36. The van der Waals surface area contributed by atoms with E-state index in [0.29, 0.717) is 5.75 Å². The summed E-state index contributed by atoms with van der Waals surface area (Å²) in [4.78, 5) is 4.70. The minimum atomic E-state index is -0.148. The molecule has 25 heavy (non-hydrogen) atoms. The quantitative estimate of drug-likeness (QED) is 0.625. The van der Waals surface area contributed by atoms with Crippen LogP contribution in [0.5, 0.6) is 5.75 Å². The Hall–Kier alpha value is -2.29. The molecule has 3 rings (SSSR count). The molecule has 1 N–H and O–H groups in total. The molecule has 0 aliphatic heterocycles. The van der Waals surface area contributed by atoms with Gasteiger partial charge >= 0.3 is 0 Å². The molecule has 0 amide bonds. The van der Waals surface area contributed by atoms with Crippen molar-refractivity contribution in [3.8, 4) is 11.4 Å². The molecule has 0 fully saturated rings. The third kappa shape index (κ3) is 3.04. The molecule has 0 spiro atoms. The number of aryl methyl sites for hydroxylation is 1. The number of fused-ring (bicyclic) bond motifs is 1. The van der Waals surface area contributed by atoms with Crippen LogP contribution in [-0.2, 0) is 10.8 Å². The lowest BCUT2D eigenvalue weighted by molar-refractivity contribution is 0.423. The molecule has 3 nitrogen and oxygen atoms in total. The molecule has 0 bridgehead atoms. The van der Waals surface area contributed by atoms with Crippen molar-refractivity contribution in [2.75, 3.05) is 0 Å². The first-order chi connectivity index (χ1) is 11.5. The standard InChI is InChI=1S/C22H28N2O/c1-14-23-18-10-8-9-11-19(18)24(14)15-12-16(21(2,3)4)20(25)17(13-15)22(5,6)7/h8-13,25H,1-7H3. The summed E-state index contributed by atoms with van der Waals surface area (Å²) in [6.45, 7) is 14.8. The van der Waals surface area contributed by atoms with Crippen molar-refractivity contribution < 1.29 is 5.11 Å². The van der Waals surface area contributed by atoms with Crippen molar-refractivity contribution in [1.29, 1.82) is 0 Å². The lowest BCUT2D eigenvalue weighted by atomic mass is 9.79. The second kappa shape index (κ2) is 5.62. The Bertz CT molecular complexity index is 902. The van der Waals surface area contributed by atoms with Crippen LogP contribution in [0.1, 0.15) is 58.5 Å². The zero-order valence-corrected chi connectivity index (χ0v) is 16.3. The molecule has 3 aromatic rings. The number of imidazole rings is 1. The lowest BCUT2D eigenvalue weighted by Gasteiger charge is -2.28. The highest BCUT2D eigenvalue weighted by Crippen LogP contribution is 2.41. The molecule has 0 radical (unpaired) electrons. The molecule has 0 saturated carbocycles. The topological polar surface area (TPSA) is 38.0 Å². The second-order valence-corrected chi connectivity index (χ2v) is 8.87. The van der Waals surface area contributed by atoms with E-state index in [4.69, 9.17) is 4.98 Å². The number of phenols is 1. The van der Waals surface area contributed by atoms with Crippen molar-refractivity contribution in [2.24, 2.45) is 0 Å². The van der Waals surface area contributed by atoms with Crippen molar-refractivity contribution >= 4 is 11.0 Å². The highest BCUT2D eigenvalue weighted by atomic mass is 16.3. The molecule has 0 unspecified atom stereocenters. The summed E-state index contributed by atoms with van der Waals surface area (Å²) in [6, 6.07) is 12.4. The maximum atomic E-state index is 10.9. The molecule has 2 aromatic carbocycles. The fraction of sp³-hybridized carbons (Fsp3) is 0.409. The molecule has 0 saturated heterocycles. The van der Waals surface area contributed by atoms with E-state index in [1.54, 1.807) is 0 Å². The molecule has 3 heteroatoms. The zero-order valence-electron chi connectivity index (χ0n) is 16.3. The van der Waals surface area contributed by atoms with Gasteiger partial charge in [0.2, 0.25) is 0 Å². The third-order valence-corrected chi connectivity index (χ3v) is 4.70. The Morgan fingerprint density at radius 1 is 0.880 bits per heavy atom. The number of para-hydroxylation sites is 2. The Balaban J connectivity index is 2.38. The lowest BCUT2D eigenvalue weighted by Crippen LogP contribution is -2.18. The van der Waals surface area contributed by atoms with Crippen molar-refractivity contribution in [2.45, 2.75) is 59.3 Å². The Morgan fingerprint density at radius 3 is 1.92 bits per heavy atom. The summed E-state index contributed by atoms with van der Waals surface area (Å²) in [7, 11) is 0. The van der Waals surface area contributed by atoms with E-state index >= 15 is 0 Å². The summed E-state index contributed by atoms with van der Waals surface area (Å²) < 4.78 is 2.18. The van der Waals surface area contributed by atoms with E-state index < -0.39 is 0 Å². The van der Waals surface area contributed by atoms with Gasteiger partial charge in [0, 0.05) is 16.8 Å². The van der Waals surface area contributed by atoms with E-state index in [-0.39, 0.29) is 10.8 Å². The van der Waals surface area contributed by atoms with Gasteiger partial charge in [-0.25, -0.2) is 4.98 Å². The van der Waals surface area contributed by atoms with Gasteiger partial charge in [0.15, 0.2) is 0 Å². The predicted octanol–water partition coefficient (Wildman–Crippen LogP) is 5.63. The van der Waals surface area contributed by atoms with Gasteiger partial charge in [-0.15, -0.1) is 0 Å². The van der Waals surface area contributed by atoms with Crippen molar-refractivity contribution in [3.63, 3.8) is 0 Å². The van der Waals surface area contributed by atoms with Gasteiger partial charge in [0.25, 0.3) is 0 Å². The average Bonchev–Trinajstić information content (AvgIpc) is 2.81. The van der Waals surface area contributed by atoms with Crippen LogP contribution >= 0.6 is 0 Å². The number of phenolic OH excluding ortho intramolecular Hbond substituents is 1. The van der Waals surface area contributed by atoms with Gasteiger partial charge in [-0.2, -0.15) is 0 Å². The Morgan fingerprint density at radius 2 is 1.40 bits per heavy atom. The SMILES string of the molecule is Cc1nc2ccccc2n1-c1cc(C(C)(C)C)c(O)c(C(C)(C)C)c1. The van der Waals surface area contributed by atoms with Crippen molar-refractivity contribution in [1.82, 2.24) is 9.55 Å². The Labute approximate surface area is 150 Å². The first kappa shape index (κ1) is 17.5. The number of rotatable bonds is 1. The zero-order chi connectivity index (χ0) is 18.6. The van der Waals surface area contributed by atoms with Crippen LogP contribution in [0.2, 0.25) is 0 Å². The first-order valence-electron chi connectivity index (χ1n) is 8.82. The summed E-state index contributed by atoms with van der Waals surface area (Å²) in [5.74, 6) is 1.36.